The van der Waals surface area contributed by atoms with Crippen LogP contribution in [-0.2, 0) is 11.3 Å². The van der Waals surface area contributed by atoms with Gasteiger partial charge in [-0.3, -0.25) is 14.7 Å². The highest BCUT2D eigenvalue weighted by atomic mass is 16.6. The monoisotopic (exact) mass is 537 g/mol. The first kappa shape index (κ1) is 26.1. The number of hydrogen-bond acceptors (Lipinski definition) is 6. The molecule has 0 bridgehead atoms. The zero-order chi connectivity index (χ0) is 27.5. The number of amides is 2. The fourth-order valence-corrected chi connectivity index (χ4v) is 6.31. The SMILES string of the molecule is C=CCOC(=O)N1CC[C@H]2C(c3ccccn3)Nc3ccc(C(=O)N4CCN(Cc5ccccc5)CC4)cc3[C@H]21. The molecular formula is C32H35N5O3. The highest BCUT2D eigenvalue weighted by molar-refractivity contribution is 5.95. The second kappa shape index (κ2) is 11.5. The summed E-state index contributed by atoms with van der Waals surface area (Å²) in [6, 6.07) is 22.0. The van der Waals surface area contributed by atoms with Crippen LogP contribution in [-0.4, -0.2) is 71.0 Å². The summed E-state index contributed by atoms with van der Waals surface area (Å²) in [5.41, 5.74) is 4.76. The molecule has 2 fully saturated rings. The Morgan fingerprint density at radius 3 is 2.55 bits per heavy atom. The molecule has 3 aliphatic heterocycles. The number of rotatable bonds is 6. The van der Waals surface area contributed by atoms with Gasteiger partial charge in [0.05, 0.1) is 17.8 Å². The van der Waals surface area contributed by atoms with Crippen molar-refractivity contribution < 1.29 is 14.3 Å². The molecule has 3 aromatic rings. The number of aromatic nitrogens is 1. The number of piperazine rings is 1. The van der Waals surface area contributed by atoms with Gasteiger partial charge < -0.3 is 19.9 Å². The molecule has 1 aromatic heterocycles. The maximum atomic E-state index is 13.6. The Morgan fingerprint density at radius 2 is 1.80 bits per heavy atom. The van der Waals surface area contributed by atoms with Crippen molar-refractivity contribution in [1.29, 1.82) is 0 Å². The van der Waals surface area contributed by atoms with E-state index in [9.17, 15) is 9.59 Å². The number of pyridine rings is 1. The normalized spacial score (nSPS) is 22.1. The second-order valence-electron chi connectivity index (χ2n) is 10.7. The van der Waals surface area contributed by atoms with Crippen molar-refractivity contribution in [2.45, 2.75) is 25.0 Å². The van der Waals surface area contributed by atoms with Gasteiger partial charge in [0.2, 0.25) is 0 Å². The van der Waals surface area contributed by atoms with Crippen molar-refractivity contribution in [1.82, 2.24) is 19.7 Å². The molecule has 1 N–H and O–H groups in total. The molecule has 40 heavy (non-hydrogen) atoms. The number of carbonyl (C=O) groups excluding carboxylic acids is 2. The highest BCUT2D eigenvalue weighted by Gasteiger charge is 2.47. The molecule has 4 heterocycles. The Labute approximate surface area is 235 Å². The van der Waals surface area contributed by atoms with Gasteiger partial charge in [-0.05, 0) is 47.9 Å². The molecule has 1 unspecified atom stereocenters. The first-order valence-corrected chi connectivity index (χ1v) is 14.0. The lowest BCUT2D eigenvalue weighted by atomic mass is 9.81. The largest absolute Gasteiger partial charge is 0.445 e. The fourth-order valence-electron chi connectivity index (χ4n) is 6.31. The summed E-state index contributed by atoms with van der Waals surface area (Å²) in [6.45, 7) is 8.37. The van der Waals surface area contributed by atoms with Crippen LogP contribution in [0.1, 0.15) is 45.7 Å². The highest BCUT2D eigenvalue weighted by Crippen LogP contribution is 2.51. The quantitative estimate of drug-likeness (QED) is 0.451. The van der Waals surface area contributed by atoms with Crippen LogP contribution in [0, 0.1) is 5.92 Å². The molecule has 0 radical (unpaired) electrons. The van der Waals surface area contributed by atoms with E-state index in [0.717, 1.165) is 43.0 Å². The maximum Gasteiger partial charge on any atom is 0.410 e. The van der Waals surface area contributed by atoms with Crippen LogP contribution in [0.5, 0.6) is 0 Å². The average molecular weight is 538 g/mol. The van der Waals surface area contributed by atoms with Gasteiger partial charge in [0.25, 0.3) is 5.91 Å². The molecule has 0 spiro atoms. The van der Waals surface area contributed by atoms with Crippen molar-refractivity contribution in [3.05, 3.63) is 108 Å². The Bertz CT molecular complexity index is 1360. The molecule has 0 aliphatic carbocycles. The Kier molecular flexibility index (Phi) is 7.51. The first-order chi connectivity index (χ1) is 19.6. The maximum absolute atomic E-state index is 13.6. The predicted octanol–water partition coefficient (Wildman–Crippen LogP) is 4.89. The van der Waals surface area contributed by atoms with E-state index in [4.69, 9.17) is 4.74 Å². The van der Waals surface area contributed by atoms with Gasteiger partial charge in [-0.2, -0.15) is 0 Å². The summed E-state index contributed by atoms with van der Waals surface area (Å²) >= 11 is 0. The van der Waals surface area contributed by atoms with Gasteiger partial charge in [0.15, 0.2) is 0 Å². The lowest BCUT2D eigenvalue weighted by molar-refractivity contribution is 0.0628. The van der Waals surface area contributed by atoms with Crippen LogP contribution in [0.4, 0.5) is 10.5 Å². The molecule has 8 nitrogen and oxygen atoms in total. The summed E-state index contributed by atoms with van der Waals surface area (Å²) in [4.78, 5) is 37.5. The van der Waals surface area contributed by atoms with Crippen LogP contribution in [0.3, 0.4) is 0 Å². The van der Waals surface area contributed by atoms with Crippen molar-refractivity contribution in [2.75, 3.05) is 44.6 Å². The van der Waals surface area contributed by atoms with Crippen molar-refractivity contribution in [2.24, 2.45) is 5.92 Å². The number of carbonyl (C=O) groups is 2. The second-order valence-corrected chi connectivity index (χ2v) is 10.7. The van der Waals surface area contributed by atoms with E-state index in [0.29, 0.717) is 25.2 Å². The van der Waals surface area contributed by atoms with Gasteiger partial charge >= 0.3 is 6.09 Å². The number of fused-ring (bicyclic) bond motifs is 3. The van der Waals surface area contributed by atoms with E-state index in [1.165, 1.54) is 5.56 Å². The Morgan fingerprint density at radius 1 is 1.00 bits per heavy atom. The van der Waals surface area contributed by atoms with E-state index in [2.05, 4.69) is 46.0 Å². The van der Waals surface area contributed by atoms with Gasteiger partial charge in [-0.25, -0.2) is 4.79 Å². The minimum atomic E-state index is -0.355. The van der Waals surface area contributed by atoms with Gasteiger partial charge in [0, 0.05) is 62.6 Å². The molecule has 3 aliphatic rings. The van der Waals surface area contributed by atoms with Crippen molar-refractivity contribution >= 4 is 17.7 Å². The average Bonchev–Trinajstić information content (AvgIpc) is 3.46. The van der Waals surface area contributed by atoms with Crippen LogP contribution in [0.15, 0.2) is 85.6 Å². The Balaban J connectivity index is 1.23. The third-order valence-electron chi connectivity index (χ3n) is 8.28. The number of anilines is 1. The lowest BCUT2D eigenvalue weighted by Gasteiger charge is -2.39. The topological polar surface area (TPSA) is 78.0 Å². The summed E-state index contributed by atoms with van der Waals surface area (Å²) in [5, 5.41) is 3.67. The molecule has 6 rings (SSSR count). The van der Waals surface area contributed by atoms with Crippen LogP contribution in [0.25, 0.3) is 0 Å². The number of hydrogen-bond donors (Lipinski definition) is 1. The van der Waals surface area contributed by atoms with E-state index in [1.54, 1.807) is 17.2 Å². The van der Waals surface area contributed by atoms with E-state index in [-0.39, 0.29) is 36.6 Å². The molecule has 206 valence electrons. The van der Waals surface area contributed by atoms with Crippen molar-refractivity contribution in [3.63, 3.8) is 0 Å². The van der Waals surface area contributed by atoms with Crippen LogP contribution >= 0.6 is 0 Å². The van der Waals surface area contributed by atoms with Gasteiger partial charge in [-0.15, -0.1) is 0 Å². The number of benzene rings is 2. The third kappa shape index (κ3) is 5.19. The summed E-state index contributed by atoms with van der Waals surface area (Å²) in [5.74, 6) is 0.134. The van der Waals surface area contributed by atoms with E-state index < -0.39 is 0 Å². The molecule has 0 saturated carbocycles. The lowest BCUT2D eigenvalue weighted by Crippen LogP contribution is -2.48. The van der Waals surface area contributed by atoms with Crippen LogP contribution in [0.2, 0.25) is 0 Å². The van der Waals surface area contributed by atoms with Crippen LogP contribution < -0.4 is 5.32 Å². The molecule has 3 atom stereocenters. The number of ether oxygens (including phenoxy) is 1. The first-order valence-electron chi connectivity index (χ1n) is 14.0. The van der Waals surface area contributed by atoms with Crippen molar-refractivity contribution in [3.8, 4) is 0 Å². The number of nitrogens with one attached hydrogen (secondary N) is 1. The zero-order valence-corrected chi connectivity index (χ0v) is 22.6. The van der Waals surface area contributed by atoms with Gasteiger partial charge in [-0.1, -0.05) is 49.1 Å². The molecule has 8 heteroatoms. The molecule has 2 amide bonds. The smallest absolute Gasteiger partial charge is 0.410 e. The number of likely N-dealkylation sites (tertiary alicyclic amines) is 1. The Hall–Kier alpha value is -4.17. The van der Waals surface area contributed by atoms with E-state index in [1.807, 2.05) is 47.4 Å². The zero-order valence-electron chi connectivity index (χ0n) is 22.6. The summed E-state index contributed by atoms with van der Waals surface area (Å²) < 4.78 is 5.46. The number of nitrogens with zero attached hydrogens (tertiary/aromatic N) is 4. The standard InChI is InChI=1S/C32H35N5O3/c1-2-20-40-32(39)37-15-13-25-29(28-10-6-7-14-33-28)34-27-12-11-24(21-26(27)30(25)37)31(38)36-18-16-35(17-19-36)22-23-8-4-3-5-9-23/h2-12,14,21,25,29-30,34H,1,13,15-20,22H2/t25-,29?,30-/m0/s1. The minimum Gasteiger partial charge on any atom is -0.445 e. The minimum absolute atomic E-state index is 0.0318. The molecule has 2 aromatic carbocycles. The third-order valence-corrected chi connectivity index (χ3v) is 8.28. The molecule has 2 saturated heterocycles. The van der Waals surface area contributed by atoms with E-state index >= 15 is 0 Å². The van der Waals surface area contributed by atoms with Gasteiger partial charge in [0.1, 0.15) is 6.61 Å². The predicted molar refractivity (Wildman–Crippen MR) is 154 cm³/mol. The fraction of sp³-hybridized carbons (Fsp3) is 0.344. The summed E-state index contributed by atoms with van der Waals surface area (Å²) in [7, 11) is 0. The molecular weight excluding hydrogens is 502 g/mol. The summed E-state index contributed by atoms with van der Waals surface area (Å²) in [6.07, 6.45) is 3.83.